The average molecular weight is 525 g/mol. The number of carbonyl (C=O) groups is 1. The number of ether oxygens (including phenoxy) is 3. The molecule has 0 bridgehead atoms. The highest BCUT2D eigenvalue weighted by Gasteiger charge is 2.13. The lowest BCUT2D eigenvalue weighted by Gasteiger charge is -2.10. The molecule has 0 spiro atoms. The van der Waals surface area contributed by atoms with Crippen LogP contribution in [-0.4, -0.2) is 19.2 Å². The third-order valence-corrected chi connectivity index (χ3v) is 6.26. The van der Waals surface area contributed by atoms with Crippen LogP contribution >= 0.6 is 0 Å². The predicted molar refractivity (Wildman–Crippen MR) is 147 cm³/mol. The van der Waals surface area contributed by atoms with Crippen molar-refractivity contribution in [2.75, 3.05) is 13.2 Å². The maximum absolute atomic E-state index is 14.6. The van der Waals surface area contributed by atoms with Gasteiger partial charge in [0.15, 0.2) is 23.1 Å². The maximum atomic E-state index is 14.6. The number of carbonyl (C=O) groups excluding carboxylic acids is 1. The van der Waals surface area contributed by atoms with Crippen LogP contribution in [0.15, 0.2) is 60.7 Å². The Bertz CT molecular complexity index is 1140. The second-order valence-electron chi connectivity index (χ2n) is 9.38. The van der Waals surface area contributed by atoms with Crippen molar-refractivity contribution in [3.63, 3.8) is 0 Å². The van der Waals surface area contributed by atoms with E-state index in [1.165, 1.54) is 43.9 Å². The summed E-state index contributed by atoms with van der Waals surface area (Å²) < 4.78 is 45.3. The molecule has 0 heterocycles. The standard InChI is InChI=1S/C32H38F2O4/c1-3-5-7-8-9-11-21-37-30-18-16-26(22-28(30)33)24-12-14-25(15-13-24)32(35)38-27-17-19-31(29(34)23-27)36-20-10-6-4-2/h12-19,22-23H,3-11,20-21H2,1-2H3. The Morgan fingerprint density at radius 3 is 1.79 bits per heavy atom. The van der Waals surface area contributed by atoms with Gasteiger partial charge in [0.05, 0.1) is 18.8 Å². The molecule has 0 unspecified atom stereocenters. The number of hydrogen-bond acceptors (Lipinski definition) is 4. The van der Waals surface area contributed by atoms with E-state index < -0.39 is 17.6 Å². The molecule has 0 N–H and O–H groups in total. The molecular weight excluding hydrogens is 486 g/mol. The number of unbranched alkanes of at least 4 members (excludes halogenated alkanes) is 7. The quantitative estimate of drug-likeness (QED) is 0.106. The summed E-state index contributed by atoms with van der Waals surface area (Å²) in [5.74, 6) is -1.14. The van der Waals surface area contributed by atoms with Crippen LogP contribution < -0.4 is 14.2 Å². The second kappa shape index (κ2) is 15.8. The van der Waals surface area contributed by atoms with Gasteiger partial charge in [-0.25, -0.2) is 13.6 Å². The fourth-order valence-corrected chi connectivity index (χ4v) is 4.02. The summed E-state index contributed by atoms with van der Waals surface area (Å²) in [5.41, 5.74) is 1.72. The number of halogens is 2. The van der Waals surface area contributed by atoms with Gasteiger partial charge in [-0.05, 0) is 60.4 Å². The highest BCUT2D eigenvalue weighted by molar-refractivity contribution is 5.91. The highest BCUT2D eigenvalue weighted by Crippen LogP contribution is 2.27. The van der Waals surface area contributed by atoms with Gasteiger partial charge in [-0.3, -0.25) is 0 Å². The van der Waals surface area contributed by atoms with Gasteiger partial charge in [0.1, 0.15) is 5.75 Å². The van der Waals surface area contributed by atoms with Gasteiger partial charge in [0, 0.05) is 6.07 Å². The van der Waals surface area contributed by atoms with E-state index in [1.54, 1.807) is 36.4 Å². The number of rotatable bonds is 16. The molecule has 6 heteroatoms. The number of hydrogen-bond donors (Lipinski definition) is 0. The van der Waals surface area contributed by atoms with Gasteiger partial charge < -0.3 is 14.2 Å². The third kappa shape index (κ3) is 9.16. The largest absolute Gasteiger partial charge is 0.491 e. The fraction of sp³-hybridized carbons (Fsp3) is 0.406. The lowest BCUT2D eigenvalue weighted by atomic mass is 10.0. The Hall–Kier alpha value is -3.41. The molecule has 0 amide bonds. The van der Waals surface area contributed by atoms with Gasteiger partial charge in [-0.15, -0.1) is 0 Å². The molecule has 0 aliphatic rings. The van der Waals surface area contributed by atoms with E-state index in [4.69, 9.17) is 14.2 Å². The molecule has 0 fully saturated rings. The first-order chi connectivity index (χ1) is 18.5. The van der Waals surface area contributed by atoms with Crippen LogP contribution in [0.25, 0.3) is 11.1 Å². The average Bonchev–Trinajstić information content (AvgIpc) is 2.92. The zero-order chi connectivity index (χ0) is 27.2. The first kappa shape index (κ1) is 29.2. The molecule has 3 rings (SSSR count). The second-order valence-corrected chi connectivity index (χ2v) is 9.38. The van der Waals surface area contributed by atoms with Crippen molar-refractivity contribution in [1.29, 1.82) is 0 Å². The summed E-state index contributed by atoms with van der Waals surface area (Å²) in [6, 6.07) is 15.6. The van der Waals surface area contributed by atoms with E-state index in [9.17, 15) is 13.6 Å². The summed E-state index contributed by atoms with van der Waals surface area (Å²) in [4.78, 5) is 12.5. The summed E-state index contributed by atoms with van der Waals surface area (Å²) in [7, 11) is 0. The number of esters is 1. The Morgan fingerprint density at radius 2 is 1.16 bits per heavy atom. The van der Waals surface area contributed by atoms with E-state index in [-0.39, 0.29) is 17.2 Å². The minimum atomic E-state index is -0.614. The third-order valence-electron chi connectivity index (χ3n) is 6.26. The molecule has 0 saturated carbocycles. The molecule has 0 aliphatic carbocycles. The van der Waals surface area contributed by atoms with Crippen molar-refractivity contribution in [2.45, 2.75) is 71.6 Å². The van der Waals surface area contributed by atoms with Crippen molar-refractivity contribution in [2.24, 2.45) is 0 Å². The highest BCUT2D eigenvalue weighted by atomic mass is 19.1. The van der Waals surface area contributed by atoms with Crippen LogP contribution in [-0.2, 0) is 0 Å². The molecule has 0 saturated heterocycles. The summed E-state index contributed by atoms with van der Waals surface area (Å²) in [6.07, 6.45) is 9.80. The monoisotopic (exact) mass is 524 g/mol. The SMILES string of the molecule is CCCCCCCCOc1ccc(-c2ccc(C(=O)Oc3ccc(OCCCCC)c(F)c3)cc2)cc1F. The van der Waals surface area contributed by atoms with Crippen molar-refractivity contribution >= 4 is 5.97 Å². The van der Waals surface area contributed by atoms with Crippen molar-refractivity contribution < 1.29 is 27.8 Å². The maximum Gasteiger partial charge on any atom is 0.343 e. The first-order valence-corrected chi connectivity index (χ1v) is 13.7. The van der Waals surface area contributed by atoms with Crippen molar-refractivity contribution in [3.05, 3.63) is 77.9 Å². The minimum Gasteiger partial charge on any atom is -0.491 e. The first-order valence-electron chi connectivity index (χ1n) is 13.7. The van der Waals surface area contributed by atoms with Crippen molar-refractivity contribution in [3.8, 4) is 28.4 Å². The fourth-order valence-electron chi connectivity index (χ4n) is 4.02. The summed E-state index contributed by atoms with van der Waals surface area (Å²) in [6.45, 7) is 5.21. The molecular formula is C32H38F2O4. The van der Waals surface area contributed by atoms with Crippen molar-refractivity contribution in [1.82, 2.24) is 0 Å². The summed E-state index contributed by atoms with van der Waals surface area (Å²) >= 11 is 0. The molecule has 3 aromatic carbocycles. The Balaban J connectivity index is 1.52. The van der Waals surface area contributed by atoms with E-state index >= 15 is 0 Å². The molecule has 0 aromatic heterocycles. The zero-order valence-electron chi connectivity index (χ0n) is 22.4. The van der Waals surface area contributed by atoms with Gasteiger partial charge in [0.25, 0.3) is 0 Å². The van der Waals surface area contributed by atoms with E-state index in [2.05, 4.69) is 13.8 Å². The molecule has 0 aliphatic heterocycles. The van der Waals surface area contributed by atoms with Crippen LogP contribution in [0.5, 0.6) is 17.2 Å². The normalized spacial score (nSPS) is 10.8. The topological polar surface area (TPSA) is 44.8 Å². The Kier molecular flexibility index (Phi) is 12.1. The molecule has 38 heavy (non-hydrogen) atoms. The van der Waals surface area contributed by atoms with Crippen LogP contribution in [0.4, 0.5) is 8.78 Å². The molecule has 0 atom stereocenters. The van der Waals surface area contributed by atoms with Gasteiger partial charge >= 0.3 is 5.97 Å². The van der Waals surface area contributed by atoms with Gasteiger partial charge in [0.2, 0.25) is 0 Å². The molecule has 0 radical (unpaired) electrons. The number of benzene rings is 3. The predicted octanol–water partition coefficient (Wildman–Crippen LogP) is 9.16. The minimum absolute atomic E-state index is 0.0936. The Morgan fingerprint density at radius 1 is 0.632 bits per heavy atom. The molecule has 204 valence electrons. The zero-order valence-corrected chi connectivity index (χ0v) is 22.4. The van der Waals surface area contributed by atoms with E-state index in [1.807, 2.05) is 0 Å². The van der Waals surface area contributed by atoms with E-state index in [0.29, 0.717) is 24.3 Å². The van der Waals surface area contributed by atoms with Crippen LogP contribution in [0.1, 0.15) is 82.0 Å². The van der Waals surface area contributed by atoms with Gasteiger partial charge in [-0.1, -0.05) is 77.0 Å². The summed E-state index contributed by atoms with van der Waals surface area (Å²) in [5, 5.41) is 0. The lowest BCUT2D eigenvalue weighted by molar-refractivity contribution is 0.0734. The van der Waals surface area contributed by atoms with Crippen LogP contribution in [0.2, 0.25) is 0 Å². The molecule has 4 nitrogen and oxygen atoms in total. The van der Waals surface area contributed by atoms with Crippen LogP contribution in [0, 0.1) is 11.6 Å². The van der Waals surface area contributed by atoms with Gasteiger partial charge in [-0.2, -0.15) is 0 Å². The smallest absolute Gasteiger partial charge is 0.343 e. The van der Waals surface area contributed by atoms with E-state index in [0.717, 1.165) is 43.7 Å². The van der Waals surface area contributed by atoms with Crippen LogP contribution in [0.3, 0.4) is 0 Å². The Labute approximate surface area is 224 Å². The molecule has 3 aromatic rings. The lowest BCUT2D eigenvalue weighted by Crippen LogP contribution is -2.08.